The Morgan fingerprint density at radius 2 is 1.82 bits per heavy atom. The van der Waals surface area contributed by atoms with Crippen molar-refractivity contribution in [3.8, 4) is 6.07 Å². The van der Waals surface area contributed by atoms with Crippen molar-refractivity contribution in [2.75, 3.05) is 0 Å². The Kier molecular flexibility index (Phi) is 4.41. The molecule has 0 saturated carbocycles. The summed E-state index contributed by atoms with van der Waals surface area (Å²) in [4.78, 5) is 22.6. The average molecular weight is 231 g/mol. The molecule has 0 fully saturated rings. The van der Waals surface area contributed by atoms with Crippen molar-refractivity contribution in [3.63, 3.8) is 0 Å². The summed E-state index contributed by atoms with van der Waals surface area (Å²) in [5, 5.41) is 8.44. The molecule has 0 bridgehead atoms. The van der Waals surface area contributed by atoms with Gasteiger partial charge in [0.1, 0.15) is 6.10 Å². The number of rotatable bonds is 4. The van der Waals surface area contributed by atoms with Gasteiger partial charge in [0.25, 0.3) is 0 Å². The van der Waals surface area contributed by atoms with Crippen LogP contribution >= 0.6 is 0 Å². The zero-order valence-electron chi connectivity index (χ0n) is 9.77. The van der Waals surface area contributed by atoms with Crippen molar-refractivity contribution in [3.05, 3.63) is 35.4 Å². The van der Waals surface area contributed by atoms with Crippen LogP contribution in [-0.4, -0.2) is 17.9 Å². The van der Waals surface area contributed by atoms with Crippen LogP contribution in [0.1, 0.15) is 41.0 Å². The van der Waals surface area contributed by atoms with E-state index in [2.05, 4.69) is 0 Å². The molecule has 0 saturated heterocycles. The van der Waals surface area contributed by atoms with Crippen molar-refractivity contribution in [1.29, 1.82) is 5.26 Å². The molecule has 4 heteroatoms. The zero-order chi connectivity index (χ0) is 12.8. The fraction of sp³-hybridized carbons (Fsp3) is 0.308. The average Bonchev–Trinajstić information content (AvgIpc) is 2.29. The standard InChI is InChI=1S/C13H13NO3/c1-9(7-8-14)17-13(16)12-5-3-11(4-6-12)10(2)15/h3-6,9H,7H2,1-2H3/t9-/m0/s1. The molecule has 1 rings (SSSR count). The number of carbonyl (C=O) groups excluding carboxylic acids is 2. The number of hydrogen-bond acceptors (Lipinski definition) is 4. The molecule has 0 radical (unpaired) electrons. The van der Waals surface area contributed by atoms with Gasteiger partial charge in [-0.1, -0.05) is 12.1 Å². The summed E-state index contributed by atoms with van der Waals surface area (Å²) in [5.41, 5.74) is 0.923. The van der Waals surface area contributed by atoms with Crippen LogP contribution in [0.3, 0.4) is 0 Å². The minimum atomic E-state index is -0.483. The fourth-order valence-electron chi connectivity index (χ4n) is 1.26. The number of ether oxygens (including phenoxy) is 1. The van der Waals surface area contributed by atoms with Crippen molar-refractivity contribution in [2.24, 2.45) is 0 Å². The summed E-state index contributed by atoms with van der Waals surface area (Å²) in [6.07, 6.45) is -0.267. The molecule has 88 valence electrons. The Bertz CT molecular complexity index is 457. The number of carbonyl (C=O) groups is 2. The molecule has 0 N–H and O–H groups in total. The molecule has 17 heavy (non-hydrogen) atoms. The minimum absolute atomic E-state index is 0.0530. The van der Waals surface area contributed by atoms with E-state index in [1.807, 2.05) is 6.07 Å². The van der Waals surface area contributed by atoms with Gasteiger partial charge in [-0.05, 0) is 26.0 Å². The lowest BCUT2D eigenvalue weighted by Gasteiger charge is -2.09. The van der Waals surface area contributed by atoms with Crippen molar-refractivity contribution < 1.29 is 14.3 Å². The predicted octanol–water partition coefficient (Wildman–Crippen LogP) is 2.35. The first-order valence-electron chi connectivity index (χ1n) is 5.23. The maximum Gasteiger partial charge on any atom is 0.338 e. The number of esters is 1. The highest BCUT2D eigenvalue weighted by Crippen LogP contribution is 2.08. The molecule has 0 aromatic heterocycles. The maximum atomic E-state index is 11.6. The highest BCUT2D eigenvalue weighted by atomic mass is 16.5. The Morgan fingerprint density at radius 1 is 1.29 bits per heavy atom. The van der Waals surface area contributed by atoms with Crippen LogP contribution in [0.25, 0.3) is 0 Å². The third-order valence-electron chi connectivity index (χ3n) is 2.21. The Hall–Kier alpha value is -2.15. The first-order valence-corrected chi connectivity index (χ1v) is 5.23. The third-order valence-corrected chi connectivity index (χ3v) is 2.21. The Morgan fingerprint density at radius 3 is 2.29 bits per heavy atom. The topological polar surface area (TPSA) is 67.2 Å². The summed E-state index contributed by atoms with van der Waals surface area (Å²) in [5.74, 6) is -0.536. The summed E-state index contributed by atoms with van der Waals surface area (Å²) in [6, 6.07) is 8.16. The predicted molar refractivity (Wildman–Crippen MR) is 61.6 cm³/mol. The van der Waals surface area contributed by atoms with Gasteiger partial charge in [-0.15, -0.1) is 0 Å². The number of hydrogen-bond donors (Lipinski definition) is 0. The highest BCUT2D eigenvalue weighted by Gasteiger charge is 2.11. The van der Waals surface area contributed by atoms with Gasteiger partial charge >= 0.3 is 5.97 Å². The number of ketones is 1. The fourth-order valence-corrected chi connectivity index (χ4v) is 1.26. The van der Waals surface area contributed by atoms with Gasteiger partial charge in [-0.2, -0.15) is 5.26 Å². The van der Waals surface area contributed by atoms with Gasteiger partial charge in [-0.3, -0.25) is 4.79 Å². The van der Waals surface area contributed by atoms with E-state index in [0.29, 0.717) is 11.1 Å². The van der Waals surface area contributed by atoms with Gasteiger partial charge in [0.2, 0.25) is 0 Å². The second-order valence-electron chi connectivity index (χ2n) is 3.71. The lowest BCUT2D eigenvalue weighted by Crippen LogP contribution is -2.14. The van der Waals surface area contributed by atoms with Crippen LogP contribution < -0.4 is 0 Å². The molecule has 0 unspecified atom stereocenters. The van der Waals surface area contributed by atoms with E-state index in [1.54, 1.807) is 19.1 Å². The number of benzene rings is 1. The smallest absolute Gasteiger partial charge is 0.338 e. The quantitative estimate of drug-likeness (QED) is 0.589. The summed E-state index contributed by atoms with van der Waals surface area (Å²) >= 11 is 0. The molecule has 1 aromatic rings. The van der Waals surface area contributed by atoms with Gasteiger partial charge in [0.05, 0.1) is 18.1 Å². The van der Waals surface area contributed by atoms with E-state index >= 15 is 0 Å². The van der Waals surface area contributed by atoms with Crippen LogP contribution in [0, 0.1) is 11.3 Å². The van der Waals surface area contributed by atoms with E-state index in [1.165, 1.54) is 19.1 Å². The molecule has 4 nitrogen and oxygen atoms in total. The van der Waals surface area contributed by atoms with Crippen LogP contribution in [0.5, 0.6) is 0 Å². The van der Waals surface area contributed by atoms with Gasteiger partial charge in [-0.25, -0.2) is 4.79 Å². The number of nitrogens with zero attached hydrogens (tertiary/aromatic N) is 1. The zero-order valence-corrected chi connectivity index (χ0v) is 9.77. The van der Waals surface area contributed by atoms with Crippen molar-refractivity contribution in [2.45, 2.75) is 26.4 Å². The minimum Gasteiger partial charge on any atom is -0.458 e. The van der Waals surface area contributed by atoms with Crippen LogP contribution in [0.15, 0.2) is 24.3 Å². The molecular formula is C13H13NO3. The molecule has 0 heterocycles. The van der Waals surface area contributed by atoms with E-state index in [9.17, 15) is 9.59 Å². The molecule has 1 aromatic carbocycles. The monoisotopic (exact) mass is 231 g/mol. The van der Waals surface area contributed by atoms with Crippen molar-refractivity contribution in [1.82, 2.24) is 0 Å². The normalized spacial score (nSPS) is 11.4. The van der Waals surface area contributed by atoms with Crippen LogP contribution in [0.2, 0.25) is 0 Å². The van der Waals surface area contributed by atoms with Gasteiger partial charge in [0.15, 0.2) is 5.78 Å². The van der Waals surface area contributed by atoms with Crippen molar-refractivity contribution >= 4 is 11.8 Å². The summed E-state index contributed by atoms with van der Waals surface area (Å²) in [6.45, 7) is 3.12. The SMILES string of the molecule is CC(=O)c1ccc(C(=O)O[C@@H](C)CC#N)cc1. The molecule has 0 aliphatic heterocycles. The van der Waals surface area contributed by atoms with Gasteiger partial charge in [0, 0.05) is 5.56 Å². The number of Topliss-reactive ketones (excluding diaryl/α,β-unsaturated/α-hetero) is 1. The lowest BCUT2D eigenvalue weighted by molar-refractivity contribution is 0.0351. The van der Waals surface area contributed by atoms with Crippen LogP contribution in [-0.2, 0) is 4.74 Å². The Labute approximate surface area is 99.8 Å². The highest BCUT2D eigenvalue weighted by molar-refractivity contribution is 5.96. The second-order valence-corrected chi connectivity index (χ2v) is 3.71. The molecular weight excluding hydrogens is 218 g/mol. The molecule has 0 aliphatic rings. The molecule has 1 atom stereocenters. The van der Waals surface area contributed by atoms with Crippen LogP contribution in [0.4, 0.5) is 0 Å². The van der Waals surface area contributed by atoms with E-state index in [4.69, 9.17) is 10.00 Å². The van der Waals surface area contributed by atoms with E-state index in [0.717, 1.165) is 0 Å². The maximum absolute atomic E-state index is 11.6. The Balaban J connectivity index is 2.70. The summed E-state index contributed by atoms with van der Waals surface area (Å²) in [7, 11) is 0. The number of nitriles is 1. The van der Waals surface area contributed by atoms with Gasteiger partial charge < -0.3 is 4.74 Å². The van der Waals surface area contributed by atoms with E-state index < -0.39 is 12.1 Å². The summed E-state index contributed by atoms with van der Waals surface area (Å²) < 4.78 is 5.03. The first kappa shape index (κ1) is 12.9. The molecule has 0 aliphatic carbocycles. The first-order chi connectivity index (χ1) is 8.04. The largest absolute Gasteiger partial charge is 0.458 e. The van der Waals surface area contributed by atoms with E-state index in [-0.39, 0.29) is 12.2 Å². The third kappa shape index (κ3) is 3.72. The molecule has 0 amide bonds. The second kappa shape index (κ2) is 5.80. The lowest BCUT2D eigenvalue weighted by atomic mass is 10.1. The molecule has 0 spiro atoms.